The van der Waals surface area contributed by atoms with Crippen LogP contribution in [0.4, 0.5) is 0 Å². The van der Waals surface area contributed by atoms with Crippen LogP contribution in [0.1, 0.15) is 258 Å². The number of hydrogen-bond acceptors (Lipinski definition) is 10. The Bertz CT molecular complexity index is 1550. The number of hydrogen-bond donors (Lipinski definition) is 6. The zero-order valence-electron chi connectivity index (χ0n) is 48.9. The van der Waals surface area contributed by atoms with Crippen molar-refractivity contribution in [1.29, 1.82) is 0 Å². The van der Waals surface area contributed by atoms with Crippen molar-refractivity contribution >= 4 is 11.9 Å². The number of allylic oxidation sites excluding steroid dienone is 13. The molecule has 1 rings (SSSR count). The van der Waals surface area contributed by atoms with E-state index in [-0.39, 0.29) is 18.5 Å². The molecule has 1 fully saturated rings. The highest BCUT2D eigenvalue weighted by molar-refractivity contribution is 5.76. The molecule has 0 aromatic heterocycles. The number of nitrogens with one attached hydrogen (secondary N) is 1. The molecule has 0 aromatic rings. The van der Waals surface area contributed by atoms with Crippen LogP contribution in [0.15, 0.2) is 85.1 Å². The molecule has 1 amide bonds. The molecule has 444 valence electrons. The minimum atomic E-state index is -1.58. The van der Waals surface area contributed by atoms with Gasteiger partial charge in [0.15, 0.2) is 6.29 Å². The Labute approximate surface area is 470 Å². The summed E-state index contributed by atoms with van der Waals surface area (Å²) in [6.07, 6.45) is 64.4. The number of aliphatic hydroxyl groups is 5. The summed E-state index contributed by atoms with van der Waals surface area (Å²) in [5.74, 6) is -0.220. The van der Waals surface area contributed by atoms with Gasteiger partial charge in [-0.3, -0.25) is 9.59 Å². The van der Waals surface area contributed by atoms with Crippen LogP contribution in [0.3, 0.4) is 0 Å². The highest BCUT2D eigenvalue weighted by Crippen LogP contribution is 2.23. The maximum absolute atomic E-state index is 13.0. The molecule has 1 aliphatic rings. The van der Waals surface area contributed by atoms with Gasteiger partial charge in [0.2, 0.25) is 5.91 Å². The summed E-state index contributed by atoms with van der Waals surface area (Å²) >= 11 is 0. The number of aliphatic hydroxyl groups excluding tert-OH is 5. The Morgan fingerprint density at radius 2 is 0.935 bits per heavy atom. The van der Waals surface area contributed by atoms with Crippen LogP contribution in [-0.2, 0) is 23.8 Å². The first-order chi connectivity index (χ1) is 37.7. The van der Waals surface area contributed by atoms with Crippen molar-refractivity contribution in [1.82, 2.24) is 5.32 Å². The molecule has 77 heavy (non-hydrogen) atoms. The van der Waals surface area contributed by atoms with E-state index in [0.717, 1.165) is 96.3 Å². The normalized spacial score (nSPS) is 19.2. The first kappa shape index (κ1) is 71.9. The van der Waals surface area contributed by atoms with E-state index in [0.29, 0.717) is 19.4 Å². The van der Waals surface area contributed by atoms with E-state index < -0.39 is 49.5 Å². The number of carbonyl (C=O) groups excluding carboxylic acids is 2. The third-order valence-electron chi connectivity index (χ3n) is 14.3. The number of unbranched alkanes of at least 4 members (excludes halogenated alkanes) is 28. The number of amides is 1. The first-order valence-electron chi connectivity index (χ1n) is 31.3. The lowest BCUT2D eigenvalue weighted by atomic mass is 9.99. The van der Waals surface area contributed by atoms with Crippen molar-refractivity contribution in [3.8, 4) is 0 Å². The molecule has 1 heterocycles. The van der Waals surface area contributed by atoms with Crippen molar-refractivity contribution in [3.05, 3.63) is 85.1 Å². The quantitative estimate of drug-likeness (QED) is 0.0195. The van der Waals surface area contributed by atoms with Crippen LogP contribution < -0.4 is 5.32 Å². The molecular formula is C66H115NO10. The Morgan fingerprint density at radius 1 is 0.506 bits per heavy atom. The predicted octanol–water partition coefficient (Wildman–Crippen LogP) is 14.9. The second-order valence-electron chi connectivity index (χ2n) is 21.4. The van der Waals surface area contributed by atoms with Gasteiger partial charge < -0.3 is 45.1 Å². The van der Waals surface area contributed by atoms with E-state index in [4.69, 9.17) is 14.2 Å². The van der Waals surface area contributed by atoms with Gasteiger partial charge in [0.05, 0.1) is 32.0 Å². The molecule has 11 nitrogen and oxygen atoms in total. The van der Waals surface area contributed by atoms with E-state index in [1.54, 1.807) is 6.08 Å². The Balaban J connectivity index is 1.99. The van der Waals surface area contributed by atoms with E-state index in [9.17, 15) is 35.1 Å². The van der Waals surface area contributed by atoms with Crippen LogP contribution >= 0.6 is 0 Å². The highest BCUT2D eigenvalue weighted by atomic mass is 16.7. The molecule has 0 aromatic carbocycles. The summed E-state index contributed by atoms with van der Waals surface area (Å²) < 4.78 is 16.6. The number of rotatable bonds is 53. The molecule has 1 saturated heterocycles. The van der Waals surface area contributed by atoms with E-state index in [2.05, 4.69) is 79.1 Å². The fourth-order valence-electron chi connectivity index (χ4n) is 9.31. The number of ether oxygens (including phenoxy) is 3. The van der Waals surface area contributed by atoms with Gasteiger partial charge in [0.1, 0.15) is 24.4 Å². The third-order valence-corrected chi connectivity index (χ3v) is 14.3. The summed E-state index contributed by atoms with van der Waals surface area (Å²) in [5.41, 5.74) is 0. The lowest BCUT2D eigenvalue weighted by Gasteiger charge is -2.40. The first-order valence-corrected chi connectivity index (χ1v) is 31.3. The average molecular weight is 1080 g/mol. The lowest BCUT2D eigenvalue weighted by molar-refractivity contribution is -0.302. The smallest absolute Gasteiger partial charge is 0.305 e. The molecule has 0 aliphatic carbocycles. The molecule has 11 heteroatoms. The topological polar surface area (TPSA) is 175 Å². The van der Waals surface area contributed by atoms with Gasteiger partial charge in [0.25, 0.3) is 0 Å². The Hall–Kier alpha value is -3.16. The molecule has 6 N–H and O–H groups in total. The van der Waals surface area contributed by atoms with Crippen molar-refractivity contribution < 1.29 is 49.3 Å². The Kier molecular flexibility index (Phi) is 51.1. The van der Waals surface area contributed by atoms with Gasteiger partial charge in [-0.2, -0.15) is 0 Å². The fraction of sp³-hybridized carbons (Fsp3) is 0.758. The van der Waals surface area contributed by atoms with Crippen LogP contribution in [-0.4, -0.2) is 100 Å². The molecule has 0 saturated carbocycles. The Morgan fingerprint density at radius 3 is 1.43 bits per heavy atom. The molecule has 1 aliphatic heterocycles. The van der Waals surface area contributed by atoms with Crippen molar-refractivity contribution in [2.75, 3.05) is 19.8 Å². The van der Waals surface area contributed by atoms with Crippen LogP contribution in [0.25, 0.3) is 0 Å². The van der Waals surface area contributed by atoms with Gasteiger partial charge in [-0.25, -0.2) is 0 Å². The number of carbonyl (C=O) groups is 2. The standard InChI is InChI=1S/C66H115NO10/c1-3-5-7-9-11-13-14-30-34-38-42-46-50-54-62(71)75-55-51-47-43-39-35-32-29-27-25-23-21-19-17-15-16-18-20-22-24-26-28-31-33-37-41-45-49-53-61(70)67-58(59(69)52-48-44-40-36-12-10-8-6-4-2)57-76-66-65(74)64(73)63(72)60(56-68)77-66/h4,6-7,9,12-16,19,21,36,48,52,58-60,63-66,68-69,72-74H,3,5,8,10-11,17-18,20,22-35,37-47,49-51,53-57H2,1-2H3,(H,67,70)/b6-4+,9-7-,14-13-,16-15-,21-19-,36-12+,52-48+. The summed E-state index contributed by atoms with van der Waals surface area (Å²) in [5, 5.41) is 54.1. The molecular weight excluding hydrogens is 967 g/mol. The average Bonchev–Trinajstić information content (AvgIpc) is 3.43. The molecule has 0 radical (unpaired) electrons. The summed E-state index contributed by atoms with van der Waals surface area (Å²) in [6.45, 7) is 4.01. The van der Waals surface area contributed by atoms with Gasteiger partial charge in [0, 0.05) is 12.8 Å². The molecule has 7 atom stereocenters. The van der Waals surface area contributed by atoms with Crippen LogP contribution in [0, 0.1) is 0 Å². The van der Waals surface area contributed by atoms with E-state index in [1.807, 2.05) is 19.1 Å². The summed E-state index contributed by atoms with van der Waals surface area (Å²) in [4.78, 5) is 25.0. The van der Waals surface area contributed by atoms with Crippen molar-refractivity contribution in [2.24, 2.45) is 0 Å². The minimum Gasteiger partial charge on any atom is -0.466 e. The zero-order valence-corrected chi connectivity index (χ0v) is 48.9. The molecule has 7 unspecified atom stereocenters. The summed E-state index contributed by atoms with van der Waals surface area (Å²) in [6, 6.07) is -0.838. The van der Waals surface area contributed by atoms with Gasteiger partial charge in [-0.15, -0.1) is 0 Å². The zero-order chi connectivity index (χ0) is 55.9. The lowest BCUT2D eigenvalue weighted by Crippen LogP contribution is -2.60. The fourth-order valence-corrected chi connectivity index (χ4v) is 9.31. The van der Waals surface area contributed by atoms with E-state index in [1.165, 1.54) is 135 Å². The highest BCUT2D eigenvalue weighted by Gasteiger charge is 2.44. The monoisotopic (exact) mass is 1080 g/mol. The maximum atomic E-state index is 13.0. The van der Waals surface area contributed by atoms with Crippen LogP contribution in [0.2, 0.25) is 0 Å². The predicted molar refractivity (Wildman–Crippen MR) is 319 cm³/mol. The number of esters is 1. The summed E-state index contributed by atoms with van der Waals surface area (Å²) in [7, 11) is 0. The maximum Gasteiger partial charge on any atom is 0.305 e. The minimum absolute atomic E-state index is 0.0162. The second kappa shape index (κ2) is 54.8. The molecule has 0 bridgehead atoms. The SMILES string of the molecule is C/C=C/CC/C=C/CC/C=C/C(O)C(COC1OC(CO)C(O)C(O)C1O)NC(=O)CCCCCCCCCCCCC/C=C\C/C=C\CCCCCCCCCCCOC(=O)CCCCCCC/C=C\C/C=C\CCC. The van der Waals surface area contributed by atoms with E-state index >= 15 is 0 Å². The largest absolute Gasteiger partial charge is 0.466 e. The third kappa shape index (κ3) is 44.3. The van der Waals surface area contributed by atoms with Crippen molar-refractivity contribution in [3.63, 3.8) is 0 Å². The van der Waals surface area contributed by atoms with Gasteiger partial charge in [-0.05, 0) is 110 Å². The van der Waals surface area contributed by atoms with Crippen LogP contribution in [0.5, 0.6) is 0 Å². The second-order valence-corrected chi connectivity index (χ2v) is 21.4. The van der Waals surface area contributed by atoms with Crippen molar-refractivity contribution in [2.45, 2.75) is 301 Å². The molecule has 0 spiro atoms. The van der Waals surface area contributed by atoms with Gasteiger partial charge in [-0.1, -0.05) is 220 Å². The van der Waals surface area contributed by atoms with Gasteiger partial charge >= 0.3 is 5.97 Å².